The minimum absolute atomic E-state index is 0.0242. The first kappa shape index (κ1) is 32.9. The molecule has 0 N–H and O–H groups in total. The van der Waals surface area contributed by atoms with E-state index in [2.05, 4.69) is 182 Å². The molecule has 0 saturated heterocycles. The van der Waals surface area contributed by atoms with Crippen LogP contribution in [-0.4, -0.2) is 11.4 Å². The fraction of sp³-hybridized carbons (Fsp3) is 0.0741. The lowest BCUT2D eigenvalue weighted by molar-refractivity contribution is 0.590. The van der Waals surface area contributed by atoms with Gasteiger partial charge in [0.15, 0.2) is 0 Å². The number of fused-ring (bicyclic) bond motifs is 15. The van der Waals surface area contributed by atoms with Crippen LogP contribution >= 0.6 is 11.3 Å². The summed E-state index contributed by atoms with van der Waals surface area (Å²) in [6, 6.07) is 56.2. The van der Waals surface area contributed by atoms with Crippen LogP contribution in [0.3, 0.4) is 0 Å². The van der Waals surface area contributed by atoms with Crippen molar-refractivity contribution in [1.82, 2.24) is 4.57 Å². The van der Waals surface area contributed by atoms with Gasteiger partial charge in [0, 0.05) is 81.4 Å². The van der Waals surface area contributed by atoms with E-state index in [-0.39, 0.29) is 12.3 Å². The van der Waals surface area contributed by atoms with E-state index in [9.17, 15) is 0 Å². The average molecular weight is 787 g/mol. The lowest BCUT2D eigenvalue weighted by Crippen LogP contribution is -2.60. The fourth-order valence-corrected chi connectivity index (χ4v) is 11.7. The van der Waals surface area contributed by atoms with Gasteiger partial charge in [0.25, 0.3) is 0 Å². The minimum atomic E-state index is -0.151. The summed E-state index contributed by atoms with van der Waals surface area (Å²) in [7, 11) is 0. The van der Waals surface area contributed by atoms with E-state index in [4.69, 9.17) is 8.83 Å². The summed E-state index contributed by atoms with van der Waals surface area (Å²) in [5.74, 6) is 0. The zero-order valence-electron chi connectivity index (χ0n) is 33.2. The first-order valence-corrected chi connectivity index (χ1v) is 21.6. The summed E-state index contributed by atoms with van der Waals surface area (Å²) < 4.78 is 18.4. The van der Waals surface area contributed by atoms with Gasteiger partial charge >= 0.3 is 6.85 Å². The number of thiophene rings is 1. The molecule has 8 aromatic carbocycles. The molecule has 0 bridgehead atoms. The lowest BCUT2D eigenvalue weighted by atomic mass is 9.44. The largest absolute Gasteiger partial charge is 0.464 e. The van der Waals surface area contributed by atoms with Crippen molar-refractivity contribution in [1.29, 1.82) is 0 Å². The molecule has 0 radical (unpaired) electrons. The van der Waals surface area contributed by atoms with Crippen LogP contribution < -0.4 is 15.7 Å². The van der Waals surface area contributed by atoms with Crippen molar-refractivity contribution in [3.8, 4) is 27.9 Å². The standard InChI is InChI=1S/C54H35BN2O2S/c1-54(2,3)31-17-19-32(20-18-31)57-45-27-49-39(33-13-7-9-15-47(33)59-49)23-37(45)35-21-22-36-38-24-41-34-14-8-10-16-50(34)60-51(41)28-44(38)56-46-25-40-42(30-11-5-4-6-12-30)29-58-48(40)26-43(46)55(57)52(35)53(36)56/h4-29H,1-3H3. The van der Waals surface area contributed by atoms with Crippen LogP contribution in [-0.2, 0) is 5.41 Å². The summed E-state index contributed by atoms with van der Waals surface area (Å²) in [6.45, 7) is 6.70. The molecule has 6 heteroatoms. The van der Waals surface area contributed by atoms with Crippen molar-refractivity contribution in [2.75, 3.05) is 4.81 Å². The zero-order valence-corrected chi connectivity index (χ0v) is 34.0. The monoisotopic (exact) mass is 786 g/mol. The number of para-hydroxylation sites is 1. The first-order chi connectivity index (χ1) is 29.4. The molecular formula is C54H35BN2O2S. The molecule has 0 spiro atoms. The minimum Gasteiger partial charge on any atom is -0.464 e. The Morgan fingerprint density at radius 3 is 2.18 bits per heavy atom. The summed E-state index contributed by atoms with van der Waals surface area (Å²) in [4.78, 5) is 2.58. The van der Waals surface area contributed by atoms with Crippen molar-refractivity contribution in [2.24, 2.45) is 0 Å². The Hall–Kier alpha value is -7.02. The fourth-order valence-electron chi connectivity index (χ4n) is 10.6. The van der Waals surface area contributed by atoms with Crippen LogP contribution in [0, 0.1) is 0 Å². The van der Waals surface area contributed by atoms with Gasteiger partial charge in [0.05, 0.1) is 17.3 Å². The molecule has 4 nitrogen and oxygen atoms in total. The quantitative estimate of drug-likeness (QED) is 0.164. The van der Waals surface area contributed by atoms with Crippen LogP contribution in [0.1, 0.15) is 26.3 Å². The summed E-state index contributed by atoms with van der Waals surface area (Å²) >= 11 is 1.88. The third-order valence-corrected chi connectivity index (χ3v) is 14.5. The van der Waals surface area contributed by atoms with Gasteiger partial charge in [-0.25, -0.2) is 0 Å². The Morgan fingerprint density at radius 1 is 0.533 bits per heavy atom. The van der Waals surface area contributed by atoms with Gasteiger partial charge in [-0.2, -0.15) is 0 Å². The van der Waals surface area contributed by atoms with Crippen molar-refractivity contribution in [3.63, 3.8) is 0 Å². The smallest absolute Gasteiger partial charge is 0.333 e. The molecule has 14 rings (SSSR count). The van der Waals surface area contributed by atoms with E-state index >= 15 is 0 Å². The SMILES string of the molecule is CC(C)(C)c1ccc(N2B3c4cc5occ(-c6ccccc6)c5cc4-n4c5cc6sc7ccccc7c6cc5c5ccc(c3c54)-c3cc4c(cc32)oc2ccccc24)cc1. The number of furan rings is 2. The molecule has 12 aromatic rings. The van der Waals surface area contributed by atoms with Crippen LogP contribution in [0.15, 0.2) is 167 Å². The molecule has 282 valence electrons. The molecule has 0 atom stereocenters. The number of rotatable bonds is 2. The van der Waals surface area contributed by atoms with E-state index in [1.165, 1.54) is 75.3 Å². The van der Waals surface area contributed by atoms with Gasteiger partial charge in [-0.15, -0.1) is 11.3 Å². The maximum Gasteiger partial charge on any atom is 0.333 e. The highest BCUT2D eigenvalue weighted by atomic mass is 32.1. The summed E-state index contributed by atoms with van der Waals surface area (Å²) in [6.07, 6.45) is 1.94. The van der Waals surface area contributed by atoms with E-state index < -0.39 is 0 Å². The Labute approximate surface area is 349 Å². The molecule has 0 saturated carbocycles. The first-order valence-electron chi connectivity index (χ1n) is 20.8. The Morgan fingerprint density at radius 2 is 1.33 bits per heavy atom. The predicted octanol–water partition coefficient (Wildman–Crippen LogP) is 14.0. The molecule has 0 amide bonds. The highest BCUT2D eigenvalue weighted by Crippen LogP contribution is 2.49. The van der Waals surface area contributed by atoms with Crippen molar-refractivity contribution in [3.05, 3.63) is 163 Å². The second-order valence-corrected chi connectivity index (χ2v) is 18.8. The predicted molar refractivity (Wildman–Crippen MR) is 254 cm³/mol. The van der Waals surface area contributed by atoms with Gasteiger partial charge in [0.2, 0.25) is 0 Å². The Kier molecular flexibility index (Phi) is 6.24. The third kappa shape index (κ3) is 4.26. The molecule has 2 aliphatic heterocycles. The van der Waals surface area contributed by atoms with Gasteiger partial charge in [0.1, 0.15) is 16.7 Å². The number of aromatic nitrogens is 1. The molecule has 0 fully saturated rings. The van der Waals surface area contributed by atoms with E-state index in [1.54, 1.807) is 0 Å². The Bertz CT molecular complexity index is 3820. The maximum absolute atomic E-state index is 6.63. The van der Waals surface area contributed by atoms with Gasteiger partial charge in [-0.05, 0) is 87.6 Å². The summed E-state index contributed by atoms with van der Waals surface area (Å²) in [5.41, 5.74) is 17.2. The van der Waals surface area contributed by atoms with Crippen LogP contribution in [0.4, 0.5) is 11.4 Å². The van der Waals surface area contributed by atoms with Crippen molar-refractivity contribution >= 4 is 115 Å². The Balaban J connectivity index is 1.15. The molecule has 0 unspecified atom stereocenters. The van der Waals surface area contributed by atoms with Gasteiger partial charge < -0.3 is 18.2 Å². The molecular weight excluding hydrogens is 751 g/mol. The van der Waals surface area contributed by atoms with E-state index in [0.717, 1.165) is 55.4 Å². The normalized spacial score (nSPS) is 13.5. The van der Waals surface area contributed by atoms with Gasteiger partial charge in [-0.3, -0.25) is 0 Å². The van der Waals surface area contributed by atoms with Crippen LogP contribution in [0.25, 0.3) is 103 Å². The number of hydrogen-bond donors (Lipinski definition) is 0. The topological polar surface area (TPSA) is 34.5 Å². The summed E-state index contributed by atoms with van der Waals surface area (Å²) in [5, 5.41) is 8.55. The number of benzene rings is 8. The van der Waals surface area contributed by atoms with E-state index in [0.29, 0.717) is 0 Å². The number of nitrogens with zero attached hydrogens (tertiary/aromatic N) is 2. The van der Waals surface area contributed by atoms with Crippen LogP contribution in [0.5, 0.6) is 0 Å². The van der Waals surface area contributed by atoms with Crippen molar-refractivity contribution in [2.45, 2.75) is 26.2 Å². The number of anilines is 2. The van der Waals surface area contributed by atoms with Crippen LogP contribution in [0.2, 0.25) is 0 Å². The third-order valence-electron chi connectivity index (χ3n) is 13.4. The van der Waals surface area contributed by atoms with E-state index in [1.807, 2.05) is 17.6 Å². The second-order valence-electron chi connectivity index (χ2n) is 17.7. The molecule has 4 aromatic heterocycles. The average Bonchev–Trinajstić information content (AvgIpc) is 4.04. The molecule has 0 aliphatic carbocycles. The molecule has 6 heterocycles. The highest BCUT2D eigenvalue weighted by Gasteiger charge is 2.45. The lowest BCUT2D eigenvalue weighted by Gasteiger charge is -2.42. The zero-order chi connectivity index (χ0) is 39.6. The molecule has 60 heavy (non-hydrogen) atoms. The molecule has 2 aliphatic rings. The van der Waals surface area contributed by atoms with Gasteiger partial charge in [-0.1, -0.05) is 112 Å². The number of hydrogen-bond acceptors (Lipinski definition) is 4. The maximum atomic E-state index is 6.63. The second kappa shape index (κ2) is 11.4. The highest BCUT2D eigenvalue weighted by molar-refractivity contribution is 7.25. The van der Waals surface area contributed by atoms with Crippen molar-refractivity contribution < 1.29 is 8.83 Å².